The molecule has 1 amide bonds. The summed E-state index contributed by atoms with van der Waals surface area (Å²) in [6.45, 7) is 5.43. The fourth-order valence-electron chi connectivity index (χ4n) is 1.41. The Morgan fingerprint density at radius 1 is 1.50 bits per heavy atom. The van der Waals surface area contributed by atoms with Crippen molar-refractivity contribution >= 4 is 17.3 Å². The zero-order valence-electron chi connectivity index (χ0n) is 11.1. The second-order valence-corrected chi connectivity index (χ2v) is 4.39. The summed E-state index contributed by atoms with van der Waals surface area (Å²) in [6.07, 6.45) is 6.13. The third-order valence-electron chi connectivity index (χ3n) is 2.30. The molecule has 0 saturated carbocycles. The summed E-state index contributed by atoms with van der Waals surface area (Å²) in [7, 11) is 0. The van der Waals surface area contributed by atoms with E-state index < -0.39 is 11.4 Å². The van der Waals surface area contributed by atoms with Gasteiger partial charge in [-0.2, -0.15) is 0 Å². The van der Waals surface area contributed by atoms with Gasteiger partial charge in [-0.3, -0.25) is 8.98 Å². The average molecular weight is 285 g/mol. The molecule has 2 unspecified atom stereocenters. The molecule has 0 bridgehead atoms. The van der Waals surface area contributed by atoms with Crippen LogP contribution in [0.3, 0.4) is 0 Å². The molecule has 18 heavy (non-hydrogen) atoms. The molecule has 100 valence electrons. The summed E-state index contributed by atoms with van der Waals surface area (Å²) in [6, 6.07) is -0.282. The predicted octanol–water partition coefficient (Wildman–Crippen LogP) is -1.56. The van der Waals surface area contributed by atoms with E-state index in [-0.39, 0.29) is 48.1 Å². The van der Waals surface area contributed by atoms with Gasteiger partial charge in [0.05, 0.1) is 24.0 Å². The molecule has 2 atom stereocenters. The van der Waals surface area contributed by atoms with Crippen LogP contribution in [0.15, 0.2) is 12.7 Å². The number of nitrogens with one attached hydrogen (secondary N) is 1. The number of carbonyl (C=O) groups is 1. The van der Waals surface area contributed by atoms with Gasteiger partial charge in [-0.05, 0) is 12.5 Å². The molecule has 0 spiro atoms. The van der Waals surface area contributed by atoms with Crippen LogP contribution in [0.4, 0.5) is 0 Å². The minimum absolute atomic E-state index is 0. The van der Waals surface area contributed by atoms with Crippen LogP contribution in [0.25, 0.3) is 0 Å². The van der Waals surface area contributed by atoms with Gasteiger partial charge < -0.3 is 9.87 Å². The number of unbranched alkanes of at least 4 members (excludes halogenated alkanes) is 3. The minimum atomic E-state index is -2.54. The fourth-order valence-corrected chi connectivity index (χ4v) is 1.69. The number of hydrogen-bond donors (Lipinski definition) is 1. The topological polar surface area (TPSA) is 78.5 Å². The van der Waals surface area contributed by atoms with Crippen LogP contribution in [0.1, 0.15) is 39.0 Å². The van der Waals surface area contributed by atoms with E-state index in [2.05, 4.69) is 23.0 Å². The molecule has 0 aliphatic rings. The van der Waals surface area contributed by atoms with Crippen LogP contribution in [0, 0.1) is 0 Å². The van der Waals surface area contributed by atoms with E-state index in [1.807, 2.05) is 0 Å². The Morgan fingerprint density at radius 2 is 2.17 bits per heavy atom. The first-order valence-electron chi connectivity index (χ1n) is 5.75. The monoisotopic (exact) mass is 285 g/mol. The number of carbonyl (C=O) groups excluding carboxylic acids is 1. The van der Waals surface area contributed by atoms with Gasteiger partial charge in [0.15, 0.2) is 0 Å². The molecule has 0 saturated heterocycles. The Bertz CT molecular complexity index is 263. The summed E-state index contributed by atoms with van der Waals surface area (Å²) < 4.78 is 25.0. The Labute approximate surface area is 134 Å². The molecule has 1 N–H and O–H groups in total. The van der Waals surface area contributed by atoms with Crippen molar-refractivity contribution in [1.82, 2.24) is 5.32 Å². The first-order chi connectivity index (χ1) is 8.10. The van der Waals surface area contributed by atoms with Crippen LogP contribution < -0.4 is 34.9 Å². The first-order valence-corrected chi connectivity index (χ1v) is 6.75. The van der Waals surface area contributed by atoms with Gasteiger partial charge in [0.25, 0.3) is 0 Å². The van der Waals surface area contributed by atoms with Crippen molar-refractivity contribution < 1.29 is 47.3 Å². The van der Waals surface area contributed by atoms with Crippen molar-refractivity contribution in [3.8, 4) is 0 Å². The van der Waals surface area contributed by atoms with Crippen molar-refractivity contribution in [2.75, 3.05) is 6.61 Å². The summed E-state index contributed by atoms with van der Waals surface area (Å²) in [5.74, 6) is -0.314. The number of hydrogen-bond acceptors (Lipinski definition) is 4. The molecule has 0 heterocycles. The van der Waals surface area contributed by atoms with E-state index in [9.17, 15) is 13.6 Å². The second kappa shape index (κ2) is 13.7. The maximum atomic E-state index is 11.1. The largest absolute Gasteiger partial charge is 1.00 e. The van der Waals surface area contributed by atoms with E-state index >= 15 is 0 Å². The zero-order valence-corrected chi connectivity index (χ0v) is 14.0. The Hall–Kier alpha value is 0.280. The predicted molar refractivity (Wildman–Crippen MR) is 65.8 cm³/mol. The van der Waals surface area contributed by atoms with Crippen molar-refractivity contribution in [3.05, 3.63) is 12.7 Å². The summed E-state index contributed by atoms with van der Waals surface area (Å²) in [5.41, 5.74) is 0. The summed E-state index contributed by atoms with van der Waals surface area (Å²) in [4.78, 5) is 11.1. The van der Waals surface area contributed by atoms with Gasteiger partial charge in [-0.15, -0.1) is 0 Å². The molecule has 0 aromatic heterocycles. The Balaban J connectivity index is 0. The van der Waals surface area contributed by atoms with Gasteiger partial charge in [0.1, 0.15) is 0 Å². The third-order valence-corrected chi connectivity index (χ3v) is 2.63. The van der Waals surface area contributed by atoms with Gasteiger partial charge in [-0.1, -0.05) is 39.2 Å². The van der Waals surface area contributed by atoms with E-state index in [4.69, 9.17) is 0 Å². The molecule has 0 aliphatic carbocycles. The van der Waals surface area contributed by atoms with Crippen LogP contribution >= 0.6 is 0 Å². The van der Waals surface area contributed by atoms with Gasteiger partial charge in [0.2, 0.25) is 5.91 Å². The van der Waals surface area contributed by atoms with Gasteiger partial charge in [0, 0.05) is 0 Å². The molecule has 0 aliphatic heterocycles. The SMILES string of the molecule is C=CC(=O)NC(CCCCCC)COS(=O)[O-].[Na+]. The summed E-state index contributed by atoms with van der Waals surface area (Å²) >= 11 is -2.54. The van der Waals surface area contributed by atoms with Gasteiger partial charge >= 0.3 is 29.6 Å². The molecule has 0 aromatic rings. The van der Waals surface area contributed by atoms with E-state index in [0.717, 1.165) is 31.8 Å². The molecular weight excluding hydrogens is 265 g/mol. The molecular formula is C11H20NNaO4S. The molecule has 0 rings (SSSR count). The van der Waals surface area contributed by atoms with Crippen LogP contribution in [0.2, 0.25) is 0 Å². The Kier molecular flexibility index (Phi) is 15.7. The fraction of sp³-hybridized carbons (Fsp3) is 0.727. The van der Waals surface area contributed by atoms with E-state index in [1.165, 1.54) is 0 Å². The summed E-state index contributed by atoms with van der Waals surface area (Å²) in [5, 5.41) is 2.64. The first kappa shape index (κ1) is 20.6. The zero-order chi connectivity index (χ0) is 13.1. The second-order valence-electron chi connectivity index (χ2n) is 3.75. The van der Waals surface area contributed by atoms with Crippen molar-refractivity contribution in [2.24, 2.45) is 0 Å². The minimum Gasteiger partial charge on any atom is -0.750 e. The van der Waals surface area contributed by atoms with Crippen molar-refractivity contribution in [3.63, 3.8) is 0 Å². The Morgan fingerprint density at radius 3 is 2.67 bits per heavy atom. The maximum Gasteiger partial charge on any atom is 1.00 e. The van der Waals surface area contributed by atoms with Crippen molar-refractivity contribution in [2.45, 2.75) is 45.1 Å². The number of amides is 1. The average Bonchev–Trinajstić information content (AvgIpc) is 2.30. The number of rotatable bonds is 10. The smallest absolute Gasteiger partial charge is 0.750 e. The molecule has 0 fully saturated rings. The van der Waals surface area contributed by atoms with E-state index in [1.54, 1.807) is 0 Å². The normalized spacial score (nSPS) is 13.2. The van der Waals surface area contributed by atoms with Gasteiger partial charge in [-0.25, -0.2) is 4.21 Å². The molecule has 0 aromatic carbocycles. The van der Waals surface area contributed by atoms with Crippen LogP contribution in [-0.4, -0.2) is 27.3 Å². The quantitative estimate of drug-likeness (QED) is 0.228. The van der Waals surface area contributed by atoms with Crippen molar-refractivity contribution in [1.29, 1.82) is 0 Å². The molecule has 7 heteroatoms. The molecule has 0 radical (unpaired) electrons. The van der Waals surface area contributed by atoms with Crippen LogP contribution in [-0.2, 0) is 20.3 Å². The standard InChI is InChI=1S/C11H21NO4S.Na/c1-3-5-6-7-8-10(9-16-17(14)15)12-11(13)4-2;/h4,10H,2-3,5-9H2,1H3,(H,12,13)(H,14,15);/q;+1/p-1. The maximum absolute atomic E-state index is 11.1. The third kappa shape index (κ3) is 12.7. The van der Waals surface area contributed by atoms with Crippen LogP contribution in [0.5, 0.6) is 0 Å². The molecule has 5 nitrogen and oxygen atoms in total. The van der Waals surface area contributed by atoms with E-state index in [0.29, 0.717) is 6.42 Å².